The van der Waals surface area contributed by atoms with Crippen molar-refractivity contribution in [3.63, 3.8) is 0 Å². The first-order valence-corrected chi connectivity index (χ1v) is 13.5. The first kappa shape index (κ1) is 27.3. The lowest BCUT2D eigenvalue weighted by Gasteiger charge is -2.37. The van der Waals surface area contributed by atoms with Crippen LogP contribution in [0.4, 0.5) is 8.78 Å². The number of likely N-dealkylation sites (tertiary alicyclic amines) is 1. The van der Waals surface area contributed by atoms with Gasteiger partial charge in [0.25, 0.3) is 0 Å². The third-order valence-corrected chi connectivity index (χ3v) is 8.22. The van der Waals surface area contributed by atoms with Gasteiger partial charge in [-0.3, -0.25) is 9.78 Å². The standard InChI is InChI=1S/C28H32F2N2O4S/c1-36-19-7-8-24-21(16-19)20(10-12-31-24)25(33)9-6-18-11-14-32(17-22(18)28(34)35)13-3-15-37-26-5-2-4-23(29)27(26)30/h2,4-5,7-8,10,12,16,18,22,25,33H,3,6,9,11,13-15,17H2,1H3,(H,34,35)/t18-,22+,25-/m1/s1. The smallest absolute Gasteiger partial charge is 0.308 e. The van der Waals surface area contributed by atoms with Crippen LogP contribution in [-0.4, -0.2) is 58.6 Å². The highest BCUT2D eigenvalue weighted by Gasteiger charge is 2.34. The highest BCUT2D eigenvalue weighted by atomic mass is 32.2. The summed E-state index contributed by atoms with van der Waals surface area (Å²) in [7, 11) is 1.59. The second kappa shape index (κ2) is 12.7. The molecule has 37 heavy (non-hydrogen) atoms. The predicted molar refractivity (Wildman–Crippen MR) is 140 cm³/mol. The number of carboxylic acids is 1. The van der Waals surface area contributed by atoms with Crippen molar-refractivity contribution >= 4 is 28.6 Å². The number of aromatic nitrogens is 1. The minimum absolute atomic E-state index is 0.0261. The molecular weight excluding hydrogens is 498 g/mol. The molecule has 1 aliphatic rings. The van der Waals surface area contributed by atoms with E-state index in [1.807, 2.05) is 18.2 Å². The Bertz CT molecular complexity index is 1230. The zero-order valence-corrected chi connectivity index (χ0v) is 21.6. The molecular formula is C28H32F2N2O4S. The van der Waals surface area contributed by atoms with E-state index in [9.17, 15) is 23.8 Å². The Morgan fingerprint density at radius 3 is 2.89 bits per heavy atom. The topological polar surface area (TPSA) is 82.9 Å². The Morgan fingerprint density at radius 2 is 2.11 bits per heavy atom. The van der Waals surface area contributed by atoms with E-state index < -0.39 is 29.6 Å². The number of halogens is 2. The van der Waals surface area contributed by atoms with Gasteiger partial charge in [-0.1, -0.05) is 6.07 Å². The van der Waals surface area contributed by atoms with Gasteiger partial charge in [0, 0.05) is 23.0 Å². The number of carboxylic acid groups (broad SMARTS) is 1. The fourth-order valence-electron chi connectivity index (χ4n) is 5.05. The molecule has 0 spiro atoms. The van der Waals surface area contributed by atoms with Crippen molar-refractivity contribution in [1.82, 2.24) is 9.88 Å². The molecule has 9 heteroatoms. The van der Waals surface area contributed by atoms with Crippen molar-refractivity contribution in [2.45, 2.75) is 36.7 Å². The van der Waals surface area contributed by atoms with Crippen molar-refractivity contribution in [2.24, 2.45) is 11.8 Å². The van der Waals surface area contributed by atoms with Crippen molar-refractivity contribution in [1.29, 1.82) is 0 Å². The normalized spacial score (nSPS) is 19.1. The van der Waals surface area contributed by atoms with Gasteiger partial charge < -0.3 is 19.8 Å². The molecule has 3 aromatic rings. The largest absolute Gasteiger partial charge is 0.497 e. The lowest BCUT2D eigenvalue weighted by Crippen LogP contribution is -2.44. The van der Waals surface area contributed by atoms with Gasteiger partial charge in [0.1, 0.15) is 5.75 Å². The number of pyridine rings is 1. The molecule has 0 aliphatic carbocycles. The summed E-state index contributed by atoms with van der Waals surface area (Å²) < 4.78 is 32.5. The maximum Gasteiger partial charge on any atom is 0.308 e. The van der Waals surface area contributed by atoms with Crippen molar-refractivity contribution in [2.75, 3.05) is 32.5 Å². The summed E-state index contributed by atoms with van der Waals surface area (Å²) >= 11 is 1.27. The van der Waals surface area contributed by atoms with Crippen LogP contribution in [0.25, 0.3) is 10.9 Å². The fraction of sp³-hybridized carbons (Fsp3) is 0.429. The number of benzene rings is 2. The molecule has 2 heterocycles. The van der Waals surface area contributed by atoms with Crippen LogP contribution < -0.4 is 4.74 Å². The Balaban J connectivity index is 1.30. The average Bonchev–Trinajstić information content (AvgIpc) is 2.91. The molecule has 0 saturated carbocycles. The summed E-state index contributed by atoms with van der Waals surface area (Å²) in [5.41, 5.74) is 1.54. The minimum atomic E-state index is -0.849. The van der Waals surface area contributed by atoms with E-state index in [0.717, 1.165) is 41.9 Å². The number of ether oxygens (including phenoxy) is 1. The van der Waals surface area contributed by atoms with Crippen molar-refractivity contribution < 1.29 is 28.5 Å². The highest BCUT2D eigenvalue weighted by Crippen LogP contribution is 2.34. The van der Waals surface area contributed by atoms with Crippen LogP contribution in [0.15, 0.2) is 53.6 Å². The van der Waals surface area contributed by atoms with Crippen LogP contribution in [0.5, 0.6) is 5.75 Å². The Kier molecular flexibility index (Phi) is 9.34. The Hall–Kier alpha value is -2.75. The van der Waals surface area contributed by atoms with Gasteiger partial charge in [-0.15, -0.1) is 11.8 Å². The number of rotatable bonds is 11. The SMILES string of the molecule is COc1ccc2nccc([C@H](O)CC[C@@H]3CCN(CCCSc4cccc(F)c4F)C[C@@H]3C(=O)O)c2c1. The van der Waals surface area contributed by atoms with E-state index in [1.165, 1.54) is 17.8 Å². The van der Waals surface area contributed by atoms with Crippen LogP contribution in [-0.2, 0) is 4.79 Å². The van der Waals surface area contributed by atoms with Gasteiger partial charge in [0.15, 0.2) is 11.6 Å². The molecule has 0 radical (unpaired) electrons. The summed E-state index contributed by atoms with van der Waals surface area (Å²) in [4.78, 5) is 18.9. The molecule has 1 aromatic heterocycles. The molecule has 198 valence electrons. The van der Waals surface area contributed by atoms with Crippen LogP contribution in [0.2, 0.25) is 0 Å². The number of aliphatic carboxylic acids is 1. The van der Waals surface area contributed by atoms with Crippen molar-refractivity contribution in [3.8, 4) is 5.75 Å². The van der Waals surface area contributed by atoms with Gasteiger partial charge in [0.2, 0.25) is 0 Å². The summed E-state index contributed by atoms with van der Waals surface area (Å²) in [5.74, 6) is -1.72. The number of aliphatic hydroxyl groups excluding tert-OH is 1. The zero-order chi connectivity index (χ0) is 26.4. The van der Waals surface area contributed by atoms with E-state index in [1.54, 1.807) is 25.4 Å². The number of hydrogen-bond donors (Lipinski definition) is 2. The molecule has 0 bridgehead atoms. The van der Waals surface area contributed by atoms with Gasteiger partial charge in [-0.2, -0.15) is 0 Å². The second-order valence-corrected chi connectivity index (χ2v) is 10.6. The quantitative estimate of drug-likeness (QED) is 0.249. The summed E-state index contributed by atoms with van der Waals surface area (Å²) in [6.07, 6.45) is 3.49. The second-order valence-electron chi connectivity index (χ2n) is 9.42. The number of carbonyl (C=O) groups is 1. The third-order valence-electron chi connectivity index (χ3n) is 7.10. The number of thioether (sulfide) groups is 1. The van der Waals surface area contributed by atoms with Gasteiger partial charge in [0.05, 0.1) is 24.6 Å². The lowest BCUT2D eigenvalue weighted by molar-refractivity contribution is -0.146. The third kappa shape index (κ3) is 6.77. The molecule has 4 rings (SSSR count). The summed E-state index contributed by atoms with van der Waals surface area (Å²) in [6.45, 7) is 1.93. The first-order chi connectivity index (χ1) is 17.9. The molecule has 3 atom stereocenters. The molecule has 2 aromatic carbocycles. The van der Waals surface area contributed by atoms with E-state index in [0.29, 0.717) is 42.3 Å². The highest BCUT2D eigenvalue weighted by molar-refractivity contribution is 7.99. The maximum atomic E-state index is 13.8. The fourth-order valence-corrected chi connectivity index (χ4v) is 5.95. The van der Waals surface area contributed by atoms with Gasteiger partial charge in [-0.05, 0) is 92.4 Å². The van der Waals surface area contributed by atoms with Crippen LogP contribution in [0.1, 0.15) is 37.4 Å². The van der Waals surface area contributed by atoms with E-state index in [-0.39, 0.29) is 5.92 Å². The Morgan fingerprint density at radius 1 is 1.27 bits per heavy atom. The number of fused-ring (bicyclic) bond motifs is 1. The first-order valence-electron chi connectivity index (χ1n) is 12.5. The molecule has 0 amide bonds. The number of methoxy groups -OCH3 is 1. The van der Waals surface area contributed by atoms with Gasteiger partial charge >= 0.3 is 5.97 Å². The summed E-state index contributed by atoms with van der Waals surface area (Å²) in [6, 6.07) is 11.5. The zero-order valence-electron chi connectivity index (χ0n) is 20.8. The lowest BCUT2D eigenvalue weighted by atomic mass is 9.81. The molecule has 1 aliphatic heterocycles. The average molecular weight is 531 g/mol. The maximum absolute atomic E-state index is 13.8. The molecule has 1 fully saturated rings. The molecule has 6 nitrogen and oxygen atoms in total. The number of piperidine rings is 1. The van der Waals surface area contributed by atoms with E-state index in [4.69, 9.17) is 4.74 Å². The van der Waals surface area contributed by atoms with E-state index in [2.05, 4.69) is 9.88 Å². The summed E-state index contributed by atoms with van der Waals surface area (Å²) in [5, 5.41) is 21.7. The van der Waals surface area contributed by atoms with Crippen LogP contribution >= 0.6 is 11.8 Å². The predicted octanol–water partition coefficient (Wildman–Crippen LogP) is 5.54. The number of hydrogen-bond acceptors (Lipinski definition) is 6. The molecule has 0 unspecified atom stereocenters. The molecule has 1 saturated heterocycles. The van der Waals surface area contributed by atoms with Crippen LogP contribution in [0, 0.1) is 23.5 Å². The monoisotopic (exact) mass is 530 g/mol. The Labute approximate surface area is 219 Å². The minimum Gasteiger partial charge on any atom is -0.497 e. The number of nitrogens with zero attached hydrogens (tertiary/aromatic N) is 2. The van der Waals surface area contributed by atoms with Crippen molar-refractivity contribution in [3.05, 3.63) is 65.9 Å². The van der Waals surface area contributed by atoms with E-state index >= 15 is 0 Å². The molecule has 2 N–H and O–H groups in total. The van der Waals surface area contributed by atoms with Crippen LogP contribution in [0.3, 0.4) is 0 Å². The number of aliphatic hydroxyl groups is 1. The van der Waals surface area contributed by atoms with Gasteiger partial charge in [-0.25, -0.2) is 8.78 Å².